The third-order valence-electron chi connectivity index (χ3n) is 4.03. The van der Waals surface area contributed by atoms with Crippen molar-refractivity contribution in [2.75, 3.05) is 26.6 Å². The minimum absolute atomic E-state index is 0.332. The van der Waals surface area contributed by atoms with E-state index in [-0.39, 0.29) is 5.91 Å². The number of para-hydroxylation sites is 2. The maximum absolute atomic E-state index is 12.7. The molecule has 0 saturated heterocycles. The van der Waals surface area contributed by atoms with Crippen LogP contribution in [0.25, 0.3) is 0 Å². The van der Waals surface area contributed by atoms with Crippen LogP contribution >= 0.6 is 0 Å². The van der Waals surface area contributed by atoms with Gasteiger partial charge in [0.05, 0.1) is 21.3 Å². The number of nitrogens with one attached hydrogen (secondary N) is 1. The second kappa shape index (κ2) is 7.43. The molecule has 26 heavy (non-hydrogen) atoms. The van der Waals surface area contributed by atoms with Gasteiger partial charge in [0.15, 0.2) is 23.0 Å². The summed E-state index contributed by atoms with van der Waals surface area (Å²) in [6.45, 7) is 1.79. The van der Waals surface area contributed by atoms with Gasteiger partial charge in [0, 0.05) is 17.8 Å². The molecule has 1 aliphatic rings. The van der Waals surface area contributed by atoms with Crippen molar-refractivity contribution in [3.05, 3.63) is 36.4 Å². The van der Waals surface area contributed by atoms with E-state index in [0.717, 1.165) is 0 Å². The molecule has 0 unspecified atom stereocenters. The maximum Gasteiger partial charge on any atom is 0.269 e. The van der Waals surface area contributed by atoms with Crippen LogP contribution in [0, 0.1) is 0 Å². The van der Waals surface area contributed by atoms with Crippen LogP contribution in [0.2, 0.25) is 0 Å². The van der Waals surface area contributed by atoms with Crippen LogP contribution in [0.3, 0.4) is 0 Å². The summed E-state index contributed by atoms with van der Waals surface area (Å²) in [5.41, 5.74) is 0.499. The van der Waals surface area contributed by atoms with Gasteiger partial charge in [-0.3, -0.25) is 4.79 Å². The number of anilines is 1. The Bertz CT molecular complexity index is 781. The second-order valence-electron chi connectivity index (χ2n) is 5.71. The molecule has 2 atom stereocenters. The quantitative estimate of drug-likeness (QED) is 0.885. The summed E-state index contributed by atoms with van der Waals surface area (Å²) in [4.78, 5) is 12.7. The molecule has 0 spiro atoms. The number of fused-ring (bicyclic) bond motifs is 1. The van der Waals surface area contributed by atoms with Gasteiger partial charge in [-0.05, 0) is 19.1 Å². The number of hydrogen-bond acceptors (Lipinski definition) is 6. The molecule has 0 aromatic heterocycles. The number of methoxy groups -OCH3 is 3. The molecule has 7 nitrogen and oxygen atoms in total. The zero-order chi connectivity index (χ0) is 18.7. The summed E-state index contributed by atoms with van der Waals surface area (Å²) < 4.78 is 27.5. The lowest BCUT2D eigenvalue weighted by atomic mass is 10.1. The molecule has 1 amide bonds. The first-order valence-electron chi connectivity index (χ1n) is 8.10. The molecule has 0 aliphatic carbocycles. The minimum Gasteiger partial charge on any atom is -0.493 e. The average molecular weight is 359 g/mol. The fourth-order valence-electron chi connectivity index (χ4n) is 2.77. The predicted octanol–water partition coefficient (Wildman–Crippen LogP) is 2.88. The first-order valence-corrected chi connectivity index (χ1v) is 8.10. The number of rotatable bonds is 5. The molecule has 7 heteroatoms. The van der Waals surface area contributed by atoms with Gasteiger partial charge in [0.1, 0.15) is 6.10 Å². The Morgan fingerprint density at radius 2 is 1.54 bits per heavy atom. The molecular weight excluding hydrogens is 338 g/mol. The Morgan fingerprint density at radius 3 is 2.08 bits per heavy atom. The number of carbonyl (C=O) groups excluding carboxylic acids is 1. The summed E-state index contributed by atoms with van der Waals surface area (Å²) in [7, 11) is 4.55. The Labute approximate surface area is 151 Å². The Kier molecular flexibility index (Phi) is 5.06. The predicted molar refractivity (Wildman–Crippen MR) is 95.7 cm³/mol. The van der Waals surface area contributed by atoms with Crippen LogP contribution < -0.4 is 29.0 Å². The van der Waals surface area contributed by atoms with Crippen molar-refractivity contribution in [2.24, 2.45) is 0 Å². The summed E-state index contributed by atoms with van der Waals surface area (Å²) in [5, 5.41) is 2.81. The largest absolute Gasteiger partial charge is 0.493 e. The zero-order valence-electron chi connectivity index (χ0n) is 15.1. The van der Waals surface area contributed by atoms with E-state index in [0.29, 0.717) is 34.4 Å². The molecule has 138 valence electrons. The van der Waals surface area contributed by atoms with Crippen molar-refractivity contribution < 1.29 is 28.5 Å². The smallest absolute Gasteiger partial charge is 0.269 e. The number of amides is 1. The highest BCUT2D eigenvalue weighted by Gasteiger charge is 2.34. The topological polar surface area (TPSA) is 75.3 Å². The summed E-state index contributed by atoms with van der Waals surface area (Å²) in [5.74, 6) is 2.17. The van der Waals surface area contributed by atoms with Crippen LogP contribution in [-0.4, -0.2) is 39.4 Å². The maximum atomic E-state index is 12.7. The van der Waals surface area contributed by atoms with Crippen LogP contribution in [0.15, 0.2) is 36.4 Å². The van der Waals surface area contributed by atoms with Gasteiger partial charge in [0.25, 0.3) is 5.91 Å². The first-order chi connectivity index (χ1) is 12.6. The number of benzene rings is 2. The van der Waals surface area contributed by atoms with Crippen LogP contribution in [-0.2, 0) is 4.79 Å². The number of hydrogen-bond donors (Lipinski definition) is 1. The average Bonchev–Trinajstić information content (AvgIpc) is 2.66. The SMILES string of the molecule is COc1cc(NC(=O)[C@@H]2Oc3ccccc3O[C@H]2C)cc(OC)c1OC. The van der Waals surface area contributed by atoms with Gasteiger partial charge in [-0.1, -0.05) is 12.1 Å². The third kappa shape index (κ3) is 3.33. The lowest BCUT2D eigenvalue weighted by Crippen LogP contribution is -2.46. The molecule has 1 N–H and O–H groups in total. The molecule has 1 aliphatic heterocycles. The molecule has 0 saturated carbocycles. The van der Waals surface area contributed by atoms with Crippen molar-refractivity contribution in [1.82, 2.24) is 0 Å². The minimum atomic E-state index is -0.788. The third-order valence-corrected chi connectivity index (χ3v) is 4.03. The Balaban J connectivity index is 1.82. The van der Waals surface area contributed by atoms with E-state index in [9.17, 15) is 4.79 Å². The normalized spacial score (nSPS) is 18.0. The second-order valence-corrected chi connectivity index (χ2v) is 5.71. The highest BCUT2D eigenvalue weighted by Crippen LogP contribution is 2.40. The van der Waals surface area contributed by atoms with E-state index < -0.39 is 12.2 Å². The highest BCUT2D eigenvalue weighted by atomic mass is 16.6. The van der Waals surface area contributed by atoms with Crippen molar-refractivity contribution in [3.8, 4) is 28.7 Å². The monoisotopic (exact) mass is 359 g/mol. The molecule has 2 aromatic carbocycles. The lowest BCUT2D eigenvalue weighted by molar-refractivity contribution is -0.128. The standard InChI is InChI=1S/C19H21NO6/c1-11-17(26-14-8-6-5-7-13(14)25-11)19(21)20-12-9-15(22-2)18(24-4)16(10-12)23-3/h5-11,17H,1-4H3,(H,20,21)/t11-,17+/m0/s1. The van der Waals surface area contributed by atoms with E-state index >= 15 is 0 Å². The summed E-state index contributed by atoms with van der Waals surface area (Å²) in [6.07, 6.45) is -1.23. The van der Waals surface area contributed by atoms with Gasteiger partial charge >= 0.3 is 0 Å². The number of carbonyl (C=O) groups is 1. The van der Waals surface area contributed by atoms with Gasteiger partial charge in [-0.2, -0.15) is 0 Å². The van der Waals surface area contributed by atoms with Gasteiger partial charge < -0.3 is 29.0 Å². The van der Waals surface area contributed by atoms with E-state index in [4.69, 9.17) is 23.7 Å². The van der Waals surface area contributed by atoms with Crippen molar-refractivity contribution >= 4 is 11.6 Å². The molecule has 3 rings (SSSR count). The van der Waals surface area contributed by atoms with Crippen molar-refractivity contribution in [3.63, 3.8) is 0 Å². The first kappa shape index (κ1) is 17.7. The van der Waals surface area contributed by atoms with Gasteiger partial charge in [-0.25, -0.2) is 0 Å². The van der Waals surface area contributed by atoms with Gasteiger partial charge in [0.2, 0.25) is 11.9 Å². The molecule has 0 radical (unpaired) electrons. The highest BCUT2D eigenvalue weighted by molar-refractivity contribution is 5.95. The van der Waals surface area contributed by atoms with Crippen molar-refractivity contribution in [2.45, 2.75) is 19.1 Å². The fraction of sp³-hybridized carbons (Fsp3) is 0.316. The van der Waals surface area contributed by atoms with E-state index in [2.05, 4.69) is 5.32 Å². The van der Waals surface area contributed by atoms with Crippen LogP contribution in [0.4, 0.5) is 5.69 Å². The lowest BCUT2D eigenvalue weighted by Gasteiger charge is -2.31. The van der Waals surface area contributed by atoms with E-state index in [1.807, 2.05) is 12.1 Å². The van der Waals surface area contributed by atoms with E-state index in [1.54, 1.807) is 31.2 Å². The van der Waals surface area contributed by atoms with Crippen LogP contribution in [0.5, 0.6) is 28.7 Å². The zero-order valence-corrected chi connectivity index (χ0v) is 15.1. The van der Waals surface area contributed by atoms with Gasteiger partial charge in [-0.15, -0.1) is 0 Å². The van der Waals surface area contributed by atoms with Crippen LogP contribution in [0.1, 0.15) is 6.92 Å². The molecule has 2 aromatic rings. The fourth-order valence-corrected chi connectivity index (χ4v) is 2.77. The van der Waals surface area contributed by atoms with E-state index in [1.165, 1.54) is 21.3 Å². The van der Waals surface area contributed by atoms with Crippen molar-refractivity contribution in [1.29, 1.82) is 0 Å². The Morgan fingerprint density at radius 1 is 0.962 bits per heavy atom. The molecule has 0 fully saturated rings. The summed E-state index contributed by atoms with van der Waals surface area (Å²) in [6, 6.07) is 10.6. The Hall–Kier alpha value is -3.09. The summed E-state index contributed by atoms with van der Waals surface area (Å²) >= 11 is 0. The molecular formula is C19H21NO6. The molecule has 0 bridgehead atoms. The number of ether oxygens (including phenoxy) is 5. The molecule has 1 heterocycles.